The monoisotopic (exact) mass is 379 g/mol. The Balaban J connectivity index is 0.00000243. The van der Waals surface area contributed by atoms with Crippen LogP contribution in [0.4, 0.5) is 0 Å². The number of nitrogens with two attached hydrogens (primary N) is 1. The number of rotatable bonds is 2. The van der Waals surface area contributed by atoms with Crippen molar-refractivity contribution < 1.29 is 9.59 Å². The molecule has 0 spiro atoms. The van der Waals surface area contributed by atoms with Crippen molar-refractivity contribution in [2.45, 2.75) is 39.2 Å². The predicted octanol–water partition coefficient (Wildman–Crippen LogP) is 2.55. The number of piperidine rings is 2. The van der Waals surface area contributed by atoms with Gasteiger partial charge < -0.3 is 15.5 Å². The molecule has 0 aromatic heterocycles. The van der Waals surface area contributed by atoms with Gasteiger partial charge in [-0.05, 0) is 36.8 Å². The fourth-order valence-electron chi connectivity index (χ4n) is 3.95. The number of nitrogens with zero attached hydrogens (tertiary/aromatic N) is 2. The van der Waals surface area contributed by atoms with Crippen LogP contribution in [0.15, 0.2) is 30.3 Å². The molecule has 5 nitrogen and oxygen atoms in total. The quantitative estimate of drug-likeness (QED) is 0.858. The molecule has 1 aromatic carbocycles. The average molecular weight is 380 g/mol. The van der Waals surface area contributed by atoms with Gasteiger partial charge in [0.1, 0.15) is 0 Å². The highest BCUT2D eigenvalue weighted by atomic mass is 35.5. The lowest BCUT2D eigenvalue weighted by Crippen LogP contribution is -2.56. The normalized spacial score (nSPS) is 25.3. The third kappa shape index (κ3) is 4.38. The molecule has 2 N–H and O–H groups in total. The van der Waals surface area contributed by atoms with E-state index < -0.39 is 0 Å². The number of hydrogen-bond donors (Lipinski definition) is 1. The van der Waals surface area contributed by atoms with Gasteiger partial charge in [0.05, 0.1) is 5.92 Å². The Morgan fingerprint density at radius 3 is 2.42 bits per heavy atom. The van der Waals surface area contributed by atoms with E-state index in [-0.39, 0.29) is 41.6 Å². The highest BCUT2D eigenvalue weighted by Gasteiger charge is 2.38. The maximum atomic E-state index is 13.0. The second-order valence-corrected chi connectivity index (χ2v) is 8.10. The van der Waals surface area contributed by atoms with Gasteiger partial charge in [-0.3, -0.25) is 9.59 Å². The van der Waals surface area contributed by atoms with Crippen LogP contribution in [0.25, 0.3) is 0 Å². The molecule has 3 rings (SSSR count). The molecule has 26 heavy (non-hydrogen) atoms. The summed E-state index contributed by atoms with van der Waals surface area (Å²) in [6, 6.07) is 9.46. The average Bonchev–Trinajstić information content (AvgIpc) is 2.63. The first-order chi connectivity index (χ1) is 11.9. The van der Waals surface area contributed by atoms with Crippen LogP contribution in [0.2, 0.25) is 0 Å². The summed E-state index contributed by atoms with van der Waals surface area (Å²) >= 11 is 0. The van der Waals surface area contributed by atoms with Gasteiger partial charge in [0.25, 0.3) is 5.91 Å². The van der Waals surface area contributed by atoms with Crippen molar-refractivity contribution in [1.82, 2.24) is 9.80 Å². The van der Waals surface area contributed by atoms with Gasteiger partial charge >= 0.3 is 0 Å². The first-order valence-corrected chi connectivity index (χ1v) is 9.27. The minimum absolute atomic E-state index is 0. The van der Waals surface area contributed by atoms with Crippen molar-refractivity contribution in [3.8, 4) is 0 Å². The van der Waals surface area contributed by atoms with Crippen molar-refractivity contribution in [2.24, 2.45) is 17.1 Å². The van der Waals surface area contributed by atoms with Crippen molar-refractivity contribution in [2.75, 3.05) is 26.2 Å². The van der Waals surface area contributed by atoms with Crippen LogP contribution in [0.3, 0.4) is 0 Å². The molecule has 2 saturated heterocycles. The number of likely N-dealkylation sites (tertiary alicyclic amines) is 2. The van der Waals surface area contributed by atoms with Gasteiger partial charge in [0.2, 0.25) is 5.91 Å². The lowest BCUT2D eigenvalue weighted by atomic mass is 9.79. The van der Waals surface area contributed by atoms with Crippen LogP contribution in [-0.2, 0) is 4.79 Å². The first kappa shape index (κ1) is 20.7. The summed E-state index contributed by atoms with van der Waals surface area (Å²) < 4.78 is 0. The van der Waals surface area contributed by atoms with Crippen molar-refractivity contribution in [1.29, 1.82) is 0 Å². The summed E-state index contributed by atoms with van der Waals surface area (Å²) in [5, 5.41) is 0. The molecular formula is C20H30ClN3O2. The maximum Gasteiger partial charge on any atom is 0.253 e. The van der Waals surface area contributed by atoms with E-state index in [9.17, 15) is 9.59 Å². The summed E-state index contributed by atoms with van der Waals surface area (Å²) in [5.74, 6) is 0.121. The smallest absolute Gasteiger partial charge is 0.253 e. The van der Waals surface area contributed by atoms with Crippen molar-refractivity contribution in [3.05, 3.63) is 35.9 Å². The van der Waals surface area contributed by atoms with Gasteiger partial charge in [-0.25, -0.2) is 0 Å². The zero-order chi connectivity index (χ0) is 18.0. The molecule has 2 unspecified atom stereocenters. The Kier molecular flexibility index (Phi) is 6.69. The molecule has 144 valence electrons. The third-order valence-corrected chi connectivity index (χ3v) is 5.70. The summed E-state index contributed by atoms with van der Waals surface area (Å²) in [6.07, 6.45) is 2.59. The molecule has 2 amide bonds. The van der Waals surface area contributed by atoms with Gasteiger partial charge in [-0.15, -0.1) is 12.4 Å². The highest BCUT2D eigenvalue weighted by Crippen LogP contribution is 2.30. The van der Waals surface area contributed by atoms with Crippen LogP contribution in [-0.4, -0.2) is 53.8 Å². The van der Waals surface area contributed by atoms with E-state index in [0.29, 0.717) is 18.7 Å². The van der Waals surface area contributed by atoms with Crippen molar-refractivity contribution in [3.63, 3.8) is 0 Å². The van der Waals surface area contributed by atoms with Crippen LogP contribution in [0, 0.1) is 11.3 Å². The molecule has 6 heteroatoms. The number of carbonyl (C=O) groups is 2. The number of benzene rings is 1. The summed E-state index contributed by atoms with van der Waals surface area (Å²) in [5.41, 5.74) is 6.83. The lowest BCUT2D eigenvalue weighted by Gasteiger charge is -2.44. The van der Waals surface area contributed by atoms with E-state index in [1.54, 1.807) is 0 Å². The Labute approximate surface area is 162 Å². The number of amides is 2. The Morgan fingerprint density at radius 1 is 1.08 bits per heavy atom. The Bertz CT molecular complexity index is 635. The standard InChI is InChI=1S/C20H29N3O2.ClH/c1-20(2)14-23(12-10-17(20)21)19(25)16-9-6-11-22(13-16)18(24)15-7-4-3-5-8-15;/h3-5,7-8,16-17H,6,9-14,21H2,1-2H3;1H. The van der Waals surface area contributed by atoms with Gasteiger partial charge in [-0.2, -0.15) is 0 Å². The fourth-order valence-corrected chi connectivity index (χ4v) is 3.95. The number of halogens is 1. The second-order valence-electron chi connectivity index (χ2n) is 8.10. The third-order valence-electron chi connectivity index (χ3n) is 5.70. The van der Waals surface area contributed by atoms with Crippen LogP contribution < -0.4 is 5.73 Å². The Morgan fingerprint density at radius 2 is 1.77 bits per heavy atom. The molecule has 2 aliphatic heterocycles. The summed E-state index contributed by atoms with van der Waals surface area (Å²) in [7, 11) is 0. The summed E-state index contributed by atoms with van der Waals surface area (Å²) in [4.78, 5) is 29.5. The second kappa shape index (κ2) is 8.40. The Hall–Kier alpha value is -1.59. The van der Waals surface area contributed by atoms with E-state index in [2.05, 4.69) is 13.8 Å². The molecule has 0 saturated carbocycles. The van der Waals surface area contributed by atoms with Crippen molar-refractivity contribution >= 4 is 24.2 Å². The molecule has 2 fully saturated rings. The molecule has 0 aliphatic carbocycles. The molecule has 0 radical (unpaired) electrons. The van der Waals surface area contributed by atoms with Gasteiger partial charge in [0.15, 0.2) is 0 Å². The van der Waals surface area contributed by atoms with Gasteiger partial charge in [0, 0.05) is 37.8 Å². The molecule has 1 aromatic rings. The maximum absolute atomic E-state index is 13.0. The first-order valence-electron chi connectivity index (χ1n) is 9.27. The zero-order valence-electron chi connectivity index (χ0n) is 15.7. The minimum atomic E-state index is -0.0912. The van der Waals surface area contributed by atoms with E-state index in [1.807, 2.05) is 40.1 Å². The molecule has 2 heterocycles. The molecule has 2 aliphatic rings. The van der Waals surface area contributed by atoms with E-state index in [1.165, 1.54) is 0 Å². The highest BCUT2D eigenvalue weighted by molar-refractivity contribution is 5.94. The summed E-state index contributed by atoms with van der Waals surface area (Å²) in [6.45, 7) is 6.94. The number of hydrogen-bond acceptors (Lipinski definition) is 3. The molecule has 0 bridgehead atoms. The van der Waals surface area contributed by atoms with Gasteiger partial charge in [-0.1, -0.05) is 32.0 Å². The van der Waals surface area contributed by atoms with Crippen LogP contribution in [0.5, 0.6) is 0 Å². The minimum Gasteiger partial charge on any atom is -0.342 e. The molecule has 2 atom stereocenters. The lowest BCUT2D eigenvalue weighted by molar-refractivity contribution is -0.140. The number of carbonyl (C=O) groups excluding carboxylic acids is 2. The van der Waals surface area contributed by atoms with E-state index in [0.717, 1.165) is 32.4 Å². The topological polar surface area (TPSA) is 66.6 Å². The van der Waals surface area contributed by atoms with Crippen LogP contribution >= 0.6 is 12.4 Å². The molecular weight excluding hydrogens is 350 g/mol. The SMILES string of the molecule is CC1(C)CN(C(=O)C2CCCN(C(=O)c3ccccc3)C2)CCC1N.Cl. The zero-order valence-corrected chi connectivity index (χ0v) is 16.5. The largest absolute Gasteiger partial charge is 0.342 e. The predicted molar refractivity (Wildman–Crippen MR) is 105 cm³/mol. The fraction of sp³-hybridized carbons (Fsp3) is 0.600. The van der Waals surface area contributed by atoms with E-state index >= 15 is 0 Å². The van der Waals surface area contributed by atoms with Crippen LogP contribution in [0.1, 0.15) is 43.5 Å². The van der Waals surface area contributed by atoms with E-state index in [4.69, 9.17) is 5.73 Å².